The lowest BCUT2D eigenvalue weighted by Gasteiger charge is -2.34. The Bertz CT molecular complexity index is 212. The van der Waals surface area contributed by atoms with Crippen molar-refractivity contribution in [3.8, 4) is 0 Å². The standard InChI is InChI=1S/C14H29N3/c1-2-3-4-8-16-9-7-14(12-16)17-10-5-13(15)6-11-17/h13-14H,2-12,15H2,1H3. The van der Waals surface area contributed by atoms with Crippen LogP contribution in [0.5, 0.6) is 0 Å². The van der Waals surface area contributed by atoms with Gasteiger partial charge in [-0.25, -0.2) is 0 Å². The maximum Gasteiger partial charge on any atom is 0.0235 e. The van der Waals surface area contributed by atoms with Gasteiger partial charge in [-0.3, -0.25) is 4.90 Å². The minimum absolute atomic E-state index is 0.466. The van der Waals surface area contributed by atoms with Gasteiger partial charge in [0.05, 0.1) is 0 Å². The van der Waals surface area contributed by atoms with E-state index in [9.17, 15) is 0 Å². The highest BCUT2D eigenvalue weighted by atomic mass is 15.3. The Hall–Kier alpha value is -0.120. The Morgan fingerprint density at radius 3 is 2.53 bits per heavy atom. The van der Waals surface area contributed by atoms with Crippen LogP contribution in [0.15, 0.2) is 0 Å². The van der Waals surface area contributed by atoms with Crippen molar-refractivity contribution in [1.29, 1.82) is 0 Å². The molecule has 0 bridgehead atoms. The van der Waals surface area contributed by atoms with Crippen molar-refractivity contribution in [2.24, 2.45) is 5.73 Å². The van der Waals surface area contributed by atoms with E-state index in [0.29, 0.717) is 6.04 Å². The van der Waals surface area contributed by atoms with E-state index in [1.54, 1.807) is 0 Å². The van der Waals surface area contributed by atoms with Gasteiger partial charge >= 0.3 is 0 Å². The number of nitrogens with zero attached hydrogens (tertiary/aromatic N) is 2. The highest BCUT2D eigenvalue weighted by Gasteiger charge is 2.29. The summed E-state index contributed by atoms with van der Waals surface area (Å²) in [5, 5.41) is 0. The summed E-state index contributed by atoms with van der Waals surface area (Å²) in [6, 6.07) is 1.29. The molecule has 0 saturated carbocycles. The van der Waals surface area contributed by atoms with Crippen molar-refractivity contribution in [1.82, 2.24) is 9.80 Å². The van der Waals surface area contributed by atoms with Crippen LogP contribution in [-0.2, 0) is 0 Å². The Labute approximate surface area is 106 Å². The molecule has 0 aromatic rings. The van der Waals surface area contributed by atoms with Gasteiger partial charge in [-0.1, -0.05) is 19.8 Å². The number of nitrogens with two attached hydrogens (primary N) is 1. The van der Waals surface area contributed by atoms with Gasteiger partial charge in [0.25, 0.3) is 0 Å². The zero-order valence-corrected chi connectivity index (χ0v) is 11.4. The van der Waals surface area contributed by atoms with Gasteiger partial charge in [-0.15, -0.1) is 0 Å². The molecule has 2 heterocycles. The highest BCUT2D eigenvalue weighted by Crippen LogP contribution is 2.20. The Kier molecular flexibility index (Phi) is 5.26. The summed E-state index contributed by atoms with van der Waals surface area (Å²) in [5.41, 5.74) is 5.97. The summed E-state index contributed by atoms with van der Waals surface area (Å²) in [6.07, 6.45) is 7.88. The van der Waals surface area contributed by atoms with Crippen molar-refractivity contribution < 1.29 is 0 Å². The van der Waals surface area contributed by atoms with Crippen molar-refractivity contribution in [3.63, 3.8) is 0 Å². The van der Waals surface area contributed by atoms with Crippen molar-refractivity contribution in [3.05, 3.63) is 0 Å². The molecule has 0 radical (unpaired) electrons. The predicted octanol–water partition coefficient (Wildman–Crippen LogP) is 1.67. The molecule has 1 unspecified atom stereocenters. The van der Waals surface area contributed by atoms with Gasteiger partial charge < -0.3 is 10.6 Å². The Balaban J connectivity index is 1.66. The van der Waals surface area contributed by atoms with Crippen LogP contribution in [-0.4, -0.2) is 54.6 Å². The quantitative estimate of drug-likeness (QED) is 0.741. The van der Waals surface area contributed by atoms with Crippen LogP contribution in [0, 0.1) is 0 Å². The SMILES string of the molecule is CCCCCN1CCC(N2CCC(N)CC2)C1. The van der Waals surface area contributed by atoms with Gasteiger partial charge in [0.15, 0.2) is 0 Å². The smallest absolute Gasteiger partial charge is 0.0235 e. The summed E-state index contributed by atoms with van der Waals surface area (Å²) in [5.74, 6) is 0. The maximum atomic E-state index is 5.97. The van der Waals surface area contributed by atoms with Gasteiger partial charge in [0, 0.05) is 18.6 Å². The Morgan fingerprint density at radius 1 is 1.06 bits per heavy atom. The third-order valence-electron chi connectivity index (χ3n) is 4.42. The first-order valence-corrected chi connectivity index (χ1v) is 7.51. The first kappa shape index (κ1) is 13.3. The molecule has 3 nitrogen and oxygen atoms in total. The van der Waals surface area contributed by atoms with Crippen LogP contribution < -0.4 is 5.73 Å². The first-order chi connectivity index (χ1) is 8.29. The summed E-state index contributed by atoms with van der Waals surface area (Å²) in [4.78, 5) is 5.35. The summed E-state index contributed by atoms with van der Waals surface area (Å²) >= 11 is 0. The van der Waals surface area contributed by atoms with E-state index in [0.717, 1.165) is 6.04 Å². The minimum Gasteiger partial charge on any atom is -0.328 e. The summed E-state index contributed by atoms with van der Waals surface area (Å²) in [7, 11) is 0. The highest BCUT2D eigenvalue weighted by molar-refractivity contribution is 4.86. The molecule has 2 N–H and O–H groups in total. The molecule has 1 atom stereocenters. The molecule has 0 amide bonds. The molecular formula is C14H29N3. The number of rotatable bonds is 5. The second-order valence-electron chi connectivity index (χ2n) is 5.82. The third kappa shape index (κ3) is 3.94. The van der Waals surface area contributed by atoms with E-state index in [1.165, 1.54) is 71.2 Å². The zero-order chi connectivity index (χ0) is 12.1. The van der Waals surface area contributed by atoms with Crippen LogP contribution in [0.1, 0.15) is 45.4 Å². The second-order valence-corrected chi connectivity index (χ2v) is 5.82. The van der Waals surface area contributed by atoms with E-state index in [4.69, 9.17) is 5.73 Å². The van der Waals surface area contributed by atoms with Crippen molar-refractivity contribution >= 4 is 0 Å². The maximum absolute atomic E-state index is 5.97. The largest absolute Gasteiger partial charge is 0.328 e. The van der Waals surface area contributed by atoms with Gasteiger partial charge in [0.1, 0.15) is 0 Å². The van der Waals surface area contributed by atoms with Gasteiger partial charge in [0.2, 0.25) is 0 Å². The van der Waals surface area contributed by atoms with Crippen molar-refractivity contribution in [2.75, 3.05) is 32.7 Å². The molecule has 2 aliphatic rings. The fourth-order valence-electron chi connectivity index (χ4n) is 3.18. The van der Waals surface area contributed by atoms with Crippen LogP contribution >= 0.6 is 0 Å². The van der Waals surface area contributed by atoms with E-state index in [-0.39, 0.29) is 0 Å². The van der Waals surface area contributed by atoms with Crippen LogP contribution in [0.3, 0.4) is 0 Å². The molecule has 100 valence electrons. The molecule has 2 fully saturated rings. The minimum atomic E-state index is 0.466. The molecular weight excluding hydrogens is 210 g/mol. The van der Waals surface area contributed by atoms with E-state index < -0.39 is 0 Å². The fourth-order valence-corrected chi connectivity index (χ4v) is 3.18. The van der Waals surface area contributed by atoms with Crippen LogP contribution in [0.4, 0.5) is 0 Å². The monoisotopic (exact) mass is 239 g/mol. The molecule has 2 saturated heterocycles. The number of piperidine rings is 1. The lowest BCUT2D eigenvalue weighted by Crippen LogP contribution is -2.46. The summed E-state index contributed by atoms with van der Waals surface area (Å²) in [6.45, 7) is 8.68. The molecule has 3 heteroatoms. The lowest BCUT2D eigenvalue weighted by molar-refractivity contribution is 0.152. The molecule has 0 aromatic carbocycles. The van der Waals surface area contributed by atoms with Crippen molar-refractivity contribution in [2.45, 2.75) is 57.5 Å². The second kappa shape index (κ2) is 6.72. The van der Waals surface area contributed by atoms with Crippen LogP contribution in [0.2, 0.25) is 0 Å². The lowest BCUT2D eigenvalue weighted by atomic mass is 10.0. The number of likely N-dealkylation sites (tertiary alicyclic amines) is 2. The third-order valence-corrected chi connectivity index (χ3v) is 4.42. The predicted molar refractivity (Wildman–Crippen MR) is 73.2 cm³/mol. The molecule has 2 aliphatic heterocycles. The average molecular weight is 239 g/mol. The zero-order valence-electron chi connectivity index (χ0n) is 11.4. The van der Waals surface area contributed by atoms with Gasteiger partial charge in [-0.2, -0.15) is 0 Å². The number of hydrogen-bond donors (Lipinski definition) is 1. The fraction of sp³-hybridized carbons (Fsp3) is 1.00. The average Bonchev–Trinajstić information content (AvgIpc) is 2.79. The van der Waals surface area contributed by atoms with E-state index in [2.05, 4.69) is 16.7 Å². The van der Waals surface area contributed by atoms with Crippen LogP contribution in [0.25, 0.3) is 0 Å². The van der Waals surface area contributed by atoms with E-state index >= 15 is 0 Å². The Morgan fingerprint density at radius 2 is 1.82 bits per heavy atom. The van der Waals surface area contributed by atoms with Gasteiger partial charge in [-0.05, 0) is 51.9 Å². The topological polar surface area (TPSA) is 32.5 Å². The normalized spacial score (nSPS) is 28.9. The molecule has 0 aromatic heterocycles. The number of hydrogen-bond acceptors (Lipinski definition) is 3. The molecule has 17 heavy (non-hydrogen) atoms. The molecule has 2 rings (SSSR count). The number of unbranched alkanes of at least 4 members (excludes halogenated alkanes) is 2. The summed E-state index contributed by atoms with van der Waals surface area (Å²) < 4.78 is 0. The first-order valence-electron chi connectivity index (χ1n) is 7.51. The molecule has 0 spiro atoms. The molecule has 0 aliphatic carbocycles. The van der Waals surface area contributed by atoms with E-state index in [1.807, 2.05) is 0 Å².